The topological polar surface area (TPSA) is 68.3 Å². The van der Waals surface area contributed by atoms with E-state index in [0.717, 1.165) is 5.56 Å². The van der Waals surface area contributed by atoms with Crippen molar-refractivity contribution in [1.29, 1.82) is 0 Å². The first kappa shape index (κ1) is 19.1. The van der Waals surface area contributed by atoms with Gasteiger partial charge in [0, 0.05) is 5.56 Å². The predicted octanol–water partition coefficient (Wildman–Crippen LogP) is 3.58. The summed E-state index contributed by atoms with van der Waals surface area (Å²) in [5.74, 6) is -0.936. The lowest BCUT2D eigenvalue weighted by molar-refractivity contribution is -0.143. The quantitative estimate of drug-likeness (QED) is 0.796. The number of aryl methyl sites for hydroxylation is 1. The van der Waals surface area contributed by atoms with Gasteiger partial charge in [-0.15, -0.1) is 11.3 Å². The highest BCUT2D eigenvalue weighted by atomic mass is 32.1. The van der Waals surface area contributed by atoms with Gasteiger partial charge >= 0.3 is 5.97 Å². The fourth-order valence-corrected chi connectivity index (χ4v) is 3.35. The highest BCUT2D eigenvalue weighted by molar-refractivity contribution is 7.17. The zero-order valence-corrected chi connectivity index (χ0v) is 15.4. The number of methoxy groups -OCH3 is 1. The van der Waals surface area contributed by atoms with Gasteiger partial charge < -0.3 is 10.1 Å². The lowest BCUT2D eigenvalue weighted by atomic mass is 10.0. The molecule has 0 spiro atoms. The molecule has 1 aromatic heterocycles. The van der Waals surface area contributed by atoms with E-state index in [1.54, 1.807) is 19.1 Å². The molecule has 1 N–H and O–H groups in total. The van der Waals surface area contributed by atoms with Gasteiger partial charge in [0.25, 0.3) is 5.91 Å². The molecule has 1 atom stereocenters. The van der Waals surface area contributed by atoms with Crippen molar-refractivity contribution in [2.45, 2.75) is 33.2 Å². The van der Waals surface area contributed by atoms with E-state index in [1.807, 2.05) is 13.8 Å². The van der Waals surface area contributed by atoms with E-state index in [-0.39, 0.29) is 17.6 Å². The maximum absolute atomic E-state index is 13.0. The molecule has 1 unspecified atom stereocenters. The minimum Gasteiger partial charge on any atom is -0.467 e. The van der Waals surface area contributed by atoms with Gasteiger partial charge in [0.15, 0.2) is 0 Å². The molecular weight excluding hydrogens is 343 g/mol. The number of carbonyl (C=O) groups is 2. The highest BCUT2D eigenvalue weighted by Crippen LogP contribution is 2.28. The average Bonchev–Trinajstić information content (AvgIpc) is 2.95. The van der Waals surface area contributed by atoms with Crippen LogP contribution in [0.2, 0.25) is 0 Å². The molecule has 0 aliphatic carbocycles. The largest absolute Gasteiger partial charge is 0.467 e. The Labute approximate surface area is 150 Å². The van der Waals surface area contributed by atoms with Crippen LogP contribution in [-0.4, -0.2) is 30.0 Å². The summed E-state index contributed by atoms with van der Waals surface area (Å²) in [6.45, 7) is 5.66. The van der Waals surface area contributed by atoms with Gasteiger partial charge in [0.2, 0.25) is 0 Å². The van der Waals surface area contributed by atoms with E-state index in [2.05, 4.69) is 10.3 Å². The van der Waals surface area contributed by atoms with Crippen LogP contribution in [0.1, 0.15) is 35.6 Å². The smallest absolute Gasteiger partial charge is 0.328 e. The first-order valence-electron chi connectivity index (χ1n) is 7.93. The second kappa shape index (κ2) is 8.20. The van der Waals surface area contributed by atoms with Crippen molar-refractivity contribution in [2.24, 2.45) is 5.92 Å². The fraction of sp³-hybridized carbons (Fsp3) is 0.389. The molecular formula is C18H21FN2O3S. The lowest BCUT2D eigenvalue weighted by Crippen LogP contribution is -2.42. The molecule has 1 aromatic carbocycles. The zero-order chi connectivity index (χ0) is 18.6. The fourth-order valence-electron chi connectivity index (χ4n) is 2.37. The number of hydrogen-bond donors (Lipinski definition) is 1. The number of benzene rings is 1. The third-order valence-corrected chi connectivity index (χ3v) is 4.80. The van der Waals surface area contributed by atoms with Crippen molar-refractivity contribution < 1.29 is 18.7 Å². The molecule has 0 bridgehead atoms. The predicted molar refractivity (Wildman–Crippen MR) is 95.0 cm³/mol. The number of aromatic nitrogens is 1. The van der Waals surface area contributed by atoms with Gasteiger partial charge in [-0.05, 0) is 43.5 Å². The van der Waals surface area contributed by atoms with Gasteiger partial charge in [-0.3, -0.25) is 4.79 Å². The Morgan fingerprint density at radius 3 is 2.48 bits per heavy atom. The van der Waals surface area contributed by atoms with Crippen LogP contribution in [0.5, 0.6) is 0 Å². The Balaban J connectivity index is 2.21. The first-order chi connectivity index (χ1) is 11.8. The average molecular weight is 364 g/mol. The molecule has 2 aromatic rings. The number of esters is 1. The summed E-state index contributed by atoms with van der Waals surface area (Å²) in [6, 6.07) is 5.23. The Hall–Kier alpha value is -2.28. The van der Waals surface area contributed by atoms with Crippen molar-refractivity contribution in [3.63, 3.8) is 0 Å². The molecule has 0 fully saturated rings. The van der Waals surface area contributed by atoms with E-state index < -0.39 is 12.0 Å². The van der Waals surface area contributed by atoms with Gasteiger partial charge in [0.05, 0.1) is 12.8 Å². The number of nitrogens with zero attached hydrogens (tertiary/aromatic N) is 1. The van der Waals surface area contributed by atoms with E-state index in [1.165, 1.54) is 30.6 Å². The molecule has 1 heterocycles. The van der Waals surface area contributed by atoms with Crippen LogP contribution in [0.4, 0.5) is 4.39 Å². The summed E-state index contributed by atoms with van der Waals surface area (Å²) in [4.78, 5) is 29.3. The summed E-state index contributed by atoms with van der Waals surface area (Å²) in [5, 5.41) is 3.35. The van der Waals surface area contributed by atoms with Crippen molar-refractivity contribution in [2.75, 3.05) is 7.11 Å². The molecule has 0 saturated heterocycles. The summed E-state index contributed by atoms with van der Waals surface area (Å²) in [6.07, 6.45) is 0.487. The van der Waals surface area contributed by atoms with Crippen LogP contribution >= 0.6 is 11.3 Å². The summed E-state index contributed by atoms with van der Waals surface area (Å²) >= 11 is 1.21. The molecule has 2 rings (SSSR count). The summed E-state index contributed by atoms with van der Waals surface area (Å²) < 4.78 is 17.8. The number of ether oxygens (including phenoxy) is 1. The monoisotopic (exact) mass is 364 g/mol. The molecule has 1 amide bonds. The molecule has 0 aliphatic rings. The summed E-state index contributed by atoms with van der Waals surface area (Å²) in [7, 11) is 1.30. The van der Waals surface area contributed by atoms with E-state index in [4.69, 9.17) is 4.74 Å². The normalized spacial score (nSPS) is 12.1. The Morgan fingerprint density at radius 1 is 1.28 bits per heavy atom. The molecule has 0 saturated carbocycles. The van der Waals surface area contributed by atoms with E-state index >= 15 is 0 Å². The molecule has 7 heteroatoms. The Morgan fingerprint density at radius 2 is 1.92 bits per heavy atom. The van der Waals surface area contributed by atoms with E-state index in [0.29, 0.717) is 22.0 Å². The van der Waals surface area contributed by atoms with Crippen molar-refractivity contribution >= 4 is 23.2 Å². The number of halogens is 1. The third kappa shape index (κ3) is 4.85. The minimum atomic E-state index is -0.701. The standard InChI is InChI=1S/C18H21FN2O3S/c1-10(2)9-14(18(23)24-4)21-16(22)15-11(3)20-17(25-15)12-5-7-13(19)8-6-12/h5-8,10,14H,9H2,1-4H3,(H,21,22). The summed E-state index contributed by atoms with van der Waals surface area (Å²) in [5.41, 5.74) is 1.30. The Bertz CT molecular complexity index is 756. The number of carbonyl (C=O) groups excluding carboxylic acids is 2. The van der Waals surface area contributed by atoms with E-state index in [9.17, 15) is 14.0 Å². The van der Waals surface area contributed by atoms with Crippen LogP contribution in [0.3, 0.4) is 0 Å². The van der Waals surface area contributed by atoms with Gasteiger partial charge in [-0.1, -0.05) is 13.8 Å². The maximum atomic E-state index is 13.0. The van der Waals surface area contributed by atoms with Crippen LogP contribution < -0.4 is 5.32 Å². The van der Waals surface area contributed by atoms with Crippen molar-refractivity contribution in [3.8, 4) is 10.6 Å². The van der Waals surface area contributed by atoms with Crippen LogP contribution in [0.15, 0.2) is 24.3 Å². The number of amides is 1. The van der Waals surface area contributed by atoms with Crippen LogP contribution in [0, 0.1) is 18.7 Å². The number of nitrogens with one attached hydrogen (secondary N) is 1. The van der Waals surface area contributed by atoms with Gasteiger partial charge in [0.1, 0.15) is 21.7 Å². The number of hydrogen-bond acceptors (Lipinski definition) is 5. The third-order valence-electron chi connectivity index (χ3n) is 3.59. The lowest BCUT2D eigenvalue weighted by Gasteiger charge is -2.17. The molecule has 5 nitrogen and oxygen atoms in total. The first-order valence-corrected chi connectivity index (χ1v) is 8.75. The molecule has 25 heavy (non-hydrogen) atoms. The molecule has 134 valence electrons. The highest BCUT2D eigenvalue weighted by Gasteiger charge is 2.25. The second-order valence-corrected chi connectivity index (χ2v) is 7.12. The van der Waals surface area contributed by atoms with Crippen LogP contribution in [0.25, 0.3) is 10.6 Å². The maximum Gasteiger partial charge on any atom is 0.328 e. The number of rotatable bonds is 6. The Kier molecular flexibility index (Phi) is 6.25. The molecule has 0 aliphatic heterocycles. The van der Waals surface area contributed by atoms with Gasteiger partial charge in [-0.25, -0.2) is 14.2 Å². The van der Waals surface area contributed by atoms with Gasteiger partial charge in [-0.2, -0.15) is 0 Å². The minimum absolute atomic E-state index is 0.224. The number of thiazole rings is 1. The van der Waals surface area contributed by atoms with Crippen LogP contribution in [-0.2, 0) is 9.53 Å². The second-order valence-electron chi connectivity index (χ2n) is 6.12. The van der Waals surface area contributed by atoms with Crippen molar-refractivity contribution in [3.05, 3.63) is 40.7 Å². The SMILES string of the molecule is COC(=O)C(CC(C)C)NC(=O)c1sc(-c2ccc(F)cc2)nc1C. The molecule has 0 radical (unpaired) electrons. The zero-order valence-electron chi connectivity index (χ0n) is 14.6. The van der Waals surface area contributed by atoms with Crippen molar-refractivity contribution in [1.82, 2.24) is 10.3 Å².